The van der Waals surface area contributed by atoms with Crippen LogP contribution in [0.4, 0.5) is 0 Å². The molecule has 0 spiro atoms. The summed E-state index contributed by atoms with van der Waals surface area (Å²) in [5.41, 5.74) is 11.7. The average Bonchev–Trinajstić information content (AvgIpc) is 2.08. The molecule has 1 unspecified atom stereocenters. The first-order chi connectivity index (χ1) is 5.65. The van der Waals surface area contributed by atoms with E-state index in [0.29, 0.717) is 12.1 Å². The van der Waals surface area contributed by atoms with E-state index in [0.717, 1.165) is 4.47 Å². The molecule has 0 aliphatic heterocycles. The van der Waals surface area contributed by atoms with Crippen LogP contribution in [0.1, 0.15) is 11.6 Å². The fraction of sp³-hybridized carbons (Fsp3) is 0.250. The monoisotopic (exact) mass is 230 g/mol. The van der Waals surface area contributed by atoms with E-state index < -0.39 is 0 Å². The minimum Gasteiger partial charge on any atom is -0.508 e. The maximum Gasteiger partial charge on any atom is 0.120 e. The summed E-state index contributed by atoms with van der Waals surface area (Å²) in [6.07, 6.45) is 0. The first-order valence-electron chi connectivity index (χ1n) is 3.59. The van der Waals surface area contributed by atoms with Gasteiger partial charge in [0, 0.05) is 22.6 Å². The third-order valence-electron chi connectivity index (χ3n) is 1.64. The second kappa shape index (κ2) is 3.89. The lowest BCUT2D eigenvalue weighted by molar-refractivity contribution is 0.462. The average molecular weight is 231 g/mol. The van der Waals surface area contributed by atoms with Crippen molar-refractivity contribution in [2.75, 3.05) is 6.54 Å². The van der Waals surface area contributed by atoms with Gasteiger partial charge in [0.05, 0.1) is 0 Å². The highest BCUT2D eigenvalue weighted by molar-refractivity contribution is 9.10. The van der Waals surface area contributed by atoms with Gasteiger partial charge >= 0.3 is 0 Å². The van der Waals surface area contributed by atoms with Crippen molar-refractivity contribution < 1.29 is 5.11 Å². The fourth-order valence-corrected chi connectivity index (χ4v) is 1.33. The summed E-state index contributed by atoms with van der Waals surface area (Å²) in [5.74, 6) is 0.191. The van der Waals surface area contributed by atoms with Crippen molar-refractivity contribution >= 4 is 15.9 Å². The lowest BCUT2D eigenvalue weighted by Crippen LogP contribution is -2.20. The molecule has 0 bridgehead atoms. The Hall–Kier alpha value is -0.580. The van der Waals surface area contributed by atoms with Crippen LogP contribution in [-0.4, -0.2) is 11.7 Å². The molecule has 66 valence electrons. The molecule has 5 N–H and O–H groups in total. The second-order valence-electron chi connectivity index (χ2n) is 2.55. The molecular weight excluding hydrogens is 220 g/mol. The van der Waals surface area contributed by atoms with E-state index in [9.17, 15) is 5.11 Å². The Kier molecular flexibility index (Phi) is 3.08. The molecular formula is C8H11BrN2O. The lowest BCUT2D eigenvalue weighted by Gasteiger charge is -2.10. The van der Waals surface area contributed by atoms with Crippen LogP contribution in [0.2, 0.25) is 0 Å². The van der Waals surface area contributed by atoms with Gasteiger partial charge in [0.15, 0.2) is 0 Å². The maximum absolute atomic E-state index is 9.38. The summed E-state index contributed by atoms with van der Waals surface area (Å²) >= 11 is 3.29. The largest absolute Gasteiger partial charge is 0.508 e. The summed E-state index contributed by atoms with van der Waals surface area (Å²) in [4.78, 5) is 0. The van der Waals surface area contributed by atoms with Crippen LogP contribution in [0, 0.1) is 0 Å². The smallest absolute Gasteiger partial charge is 0.120 e. The van der Waals surface area contributed by atoms with E-state index in [1.165, 1.54) is 0 Å². The topological polar surface area (TPSA) is 72.3 Å². The first kappa shape index (κ1) is 9.51. The summed E-state index contributed by atoms with van der Waals surface area (Å²) in [6, 6.07) is 4.81. The van der Waals surface area contributed by atoms with Gasteiger partial charge in [-0.1, -0.05) is 15.9 Å². The molecule has 0 aromatic heterocycles. The van der Waals surface area contributed by atoms with Gasteiger partial charge in [-0.05, 0) is 18.2 Å². The molecule has 0 amide bonds. The quantitative estimate of drug-likeness (QED) is 0.713. The molecule has 4 heteroatoms. The number of rotatable bonds is 2. The Morgan fingerprint density at radius 1 is 1.50 bits per heavy atom. The van der Waals surface area contributed by atoms with Crippen molar-refractivity contribution in [1.29, 1.82) is 0 Å². The Bertz CT molecular complexity index is 278. The molecule has 1 rings (SSSR count). The molecule has 0 radical (unpaired) electrons. The van der Waals surface area contributed by atoms with E-state index in [4.69, 9.17) is 11.5 Å². The molecule has 0 saturated heterocycles. The van der Waals surface area contributed by atoms with Crippen LogP contribution in [0.25, 0.3) is 0 Å². The zero-order valence-electron chi connectivity index (χ0n) is 6.50. The van der Waals surface area contributed by atoms with E-state index >= 15 is 0 Å². The number of halogens is 1. The third-order valence-corrected chi connectivity index (χ3v) is 2.14. The van der Waals surface area contributed by atoms with Gasteiger partial charge in [0.2, 0.25) is 0 Å². The minimum absolute atomic E-state index is 0.191. The Labute approximate surface area is 79.5 Å². The minimum atomic E-state index is -0.303. The van der Waals surface area contributed by atoms with E-state index in [1.54, 1.807) is 18.2 Å². The van der Waals surface area contributed by atoms with Gasteiger partial charge in [-0.3, -0.25) is 0 Å². The molecule has 12 heavy (non-hydrogen) atoms. The highest BCUT2D eigenvalue weighted by Crippen LogP contribution is 2.25. The molecule has 0 fully saturated rings. The number of phenolic OH excluding ortho intramolecular Hbond substituents is 1. The highest BCUT2D eigenvalue weighted by Gasteiger charge is 2.08. The molecule has 1 aromatic carbocycles. The number of benzene rings is 1. The predicted molar refractivity (Wildman–Crippen MR) is 51.8 cm³/mol. The highest BCUT2D eigenvalue weighted by atomic mass is 79.9. The Morgan fingerprint density at radius 2 is 2.17 bits per heavy atom. The fourth-order valence-electron chi connectivity index (χ4n) is 0.949. The van der Waals surface area contributed by atoms with Crippen molar-refractivity contribution in [3.63, 3.8) is 0 Å². The van der Waals surface area contributed by atoms with Crippen LogP contribution in [0.15, 0.2) is 22.7 Å². The SMILES string of the molecule is NCC(N)c1cc(Br)ccc1O. The van der Waals surface area contributed by atoms with Crippen molar-refractivity contribution in [3.8, 4) is 5.75 Å². The van der Waals surface area contributed by atoms with Gasteiger partial charge in [-0.2, -0.15) is 0 Å². The van der Waals surface area contributed by atoms with Gasteiger partial charge in [0.1, 0.15) is 5.75 Å². The van der Waals surface area contributed by atoms with Crippen LogP contribution in [0.3, 0.4) is 0 Å². The summed E-state index contributed by atoms with van der Waals surface area (Å²) in [6.45, 7) is 0.323. The van der Waals surface area contributed by atoms with Gasteiger partial charge in [-0.25, -0.2) is 0 Å². The summed E-state index contributed by atoms with van der Waals surface area (Å²) in [7, 11) is 0. The molecule has 0 saturated carbocycles. The first-order valence-corrected chi connectivity index (χ1v) is 4.38. The standard InChI is InChI=1S/C8H11BrN2O/c9-5-1-2-8(12)6(3-5)7(11)4-10/h1-3,7,12H,4,10-11H2. The molecule has 1 atom stereocenters. The maximum atomic E-state index is 9.38. The van der Waals surface area contributed by atoms with Gasteiger partial charge in [-0.15, -0.1) is 0 Å². The van der Waals surface area contributed by atoms with Gasteiger partial charge in [0.25, 0.3) is 0 Å². The van der Waals surface area contributed by atoms with E-state index in [2.05, 4.69) is 15.9 Å². The summed E-state index contributed by atoms with van der Waals surface area (Å²) in [5, 5.41) is 9.38. The third kappa shape index (κ3) is 1.97. The molecule has 0 aliphatic rings. The van der Waals surface area contributed by atoms with Crippen molar-refractivity contribution in [1.82, 2.24) is 0 Å². The van der Waals surface area contributed by atoms with Crippen molar-refractivity contribution in [2.24, 2.45) is 11.5 Å². The number of nitrogens with two attached hydrogens (primary N) is 2. The molecule has 1 aromatic rings. The molecule has 0 aliphatic carbocycles. The Morgan fingerprint density at radius 3 is 2.75 bits per heavy atom. The lowest BCUT2D eigenvalue weighted by atomic mass is 10.1. The van der Waals surface area contributed by atoms with Crippen molar-refractivity contribution in [3.05, 3.63) is 28.2 Å². The summed E-state index contributed by atoms with van der Waals surface area (Å²) < 4.78 is 0.888. The number of aromatic hydroxyl groups is 1. The van der Waals surface area contributed by atoms with Crippen molar-refractivity contribution in [2.45, 2.75) is 6.04 Å². The normalized spacial score (nSPS) is 12.9. The number of hydrogen-bond acceptors (Lipinski definition) is 3. The number of hydrogen-bond donors (Lipinski definition) is 3. The van der Waals surface area contributed by atoms with E-state index in [1.807, 2.05) is 0 Å². The van der Waals surface area contributed by atoms with Crippen LogP contribution in [0.5, 0.6) is 5.75 Å². The van der Waals surface area contributed by atoms with Crippen LogP contribution < -0.4 is 11.5 Å². The van der Waals surface area contributed by atoms with Crippen LogP contribution >= 0.6 is 15.9 Å². The second-order valence-corrected chi connectivity index (χ2v) is 3.46. The predicted octanol–water partition coefficient (Wildman–Crippen LogP) is 1.11. The zero-order chi connectivity index (χ0) is 9.14. The van der Waals surface area contributed by atoms with E-state index in [-0.39, 0.29) is 11.8 Å². The molecule has 0 heterocycles. The number of phenols is 1. The molecule has 3 nitrogen and oxygen atoms in total. The van der Waals surface area contributed by atoms with Gasteiger partial charge < -0.3 is 16.6 Å². The zero-order valence-corrected chi connectivity index (χ0v) is 8.08. The Balaban J connectivity index is 3.04. The van der Waals surface area contributed by atoms with Crippen LogP contribution in [-0.2, 0) is 0 Å².